The monoisotopic (exact) mass is 838 g/mol. The quantitative estimate of drug-likeness (QED) is 0.166. The third-order valence-corrected chi connectivity index (χ3v) is 12.5. The first kappa shape index (κ1) is 40.4. The molecule has 320 valence electrons. The minimum Gasteiger partial charge on any atom is -0.378 e. The van der Waals surface area contributed by atoms with Crippen LogP contribution in [0.5, 0.6) is 0 Å². The zero-order chi connectivity index (χ0) is 42.2. The fourth-order valence-corrected chi connectivity index (χ4v) is 9.13. The van der Waals surface area contributed by atoms with Gasteiger partial charge in [0.2, 0.25) is 11.8 Å². The zero-order valence-electron chi connectivity index (χ0n) is 33.9. The van der Waals surface area contributed by atoms with Gasteiger partial charge in [-0.25, -0.2) is 23.1 Å². The molecule has 2 N–H and O–H groups in total. The number of alkyl halides is 2. The maximum Gasteiger partial charge on any atom is 0.329 e. The van der Waals surface area contributed by atoms with E-state index in [4.69, 9.17) is 4.74 Å². The van der Waals surface area contributed by atoms with Gasteiger partial charge in [0.05, 0.1) is 54.3 Å². The molecule has 3 saturated heterocycles. The number of carbonyl (C=O) groups is 3. The number of nitrogens with one attached hydrogen (secondary N) is 2. The predicted molar refractivity (Wildman–Crippen MR) is 221 cm³/mol. The van der Waals surface area contributed by atoms with E-state index in [0.29, 0.717) is 66.8 Å². The van der Waals surface area contributed by atoms with Gasteiger partial charge in [-0.05, 0) is 56.2 Å². The molecule has 1 saturated carbocycles. The largest absolute Gasteiger partial charge is 0.378 e. The Morgan fingerprint density at radius 1 is 1.00 bits per heavy atom. The van der Waals surface area contributed by atoms with Crippen molar-refractivity contribution in [2.45, 2.75) is 57.0 Å². The van der Waals surface area contributed by atoms with Gasteiger partial charge in [0.1, 0.15) is 17.4 Å². The highest BCUT2D eigenvalue weighted by atomic mass is 19.3. The number of carbonyl (C=O) groups excluding carboxylic acids is 3. The van der Waals surface area contributed by atoms with Crippen LogP contribution >= 0.6 is 0 Å². The third-order valence-electron chi connectivity index (χ3n) is 12.5. The molecule has 1 atom stereocenters. The first-order valence-corrected chi connectivity index (χ1v) is 20.9. The fraction of sp³-hybridized carbons (Fsp3) is 0.500. The second-order valence-electron chi connectivity index (χ2n) is 16.3. The summed E-state index contributed by atoms with van der Waals surface area (Å²) < 4.78 is 40.0. The number of hydrogen-bond acceptors (Lipinski definition) is 11. The number of piperazine rings is 1. The van der Waals surface area contributed by atoms with Crippen molar-refractivity contribution in [1.82, 2.24) is 48.6 Å². The lowest BCUT2D eigenvalue weighted by Gasteiger charge is -2.37. The second kappa shape index (κ2) is 17.2. The number of piperidine rings is 1. The number of aromatic nitrogens is 7. The number of nitrogens with zero attached hydrogens (tertiary/aromatic N) is 10. The molecule has 0 spiro atoms. The van der Waals surface area contributed by atoms with Crippen LogP contribution in [-0.2, 0) is 21.4 Å². The lowest BCUT2D eigenvalue weighted by molar-refractivity contribution is -0.135. The number of fused-ring (bicyclic) bond motifs is 2. The molecule has 1 aromatic carbocycles. The van der Waals surface area contributed by atoms with Gasteiger partial charge < -0.3 is 19.9 Å². The average molecular weight is 839 g/mol. The maximum atomic E-state index is 14.3. The van der Waals surface area contributed by atoms with Crippen molar-refractivity contribution in [3.05, 3.63) is 70.2 Å². The lowest BCUT2D eigenvalue weighted by atomic mass is 9.85. The number of amides is 3. The molecule has 17 nitrogen and oxygen atoms in total. The van der Waals surface area contributed by atoms with Gasteiger partial charge in [0.25, 0.3) is 12.3 Å². The average Bonchev–Trinajstić information content (AvgIpc) is 3.96. The van der Waals surface area contributed by atoms with Gasteiger partial charge in [-0.15, -0.1) is 0 Å². The number of benzene rings is 1. The Balaban J connectivity index is 0.768. The van der Waals surface area contributed by atoms with Crippen LogP contribution in [0.15, 0.2) is 47.7 Å². The molecule has 5 aromatic rings. The van der Waals surface area contributed by atoms with Crippen molar-refractivity contribution >= 4 is 45.9 Å². The second-order valence-corrected chi connectivity index (χ2v) is 16.3. The Labute approximate surface area is 349 Å². The van der Waals surface area contributed by atoms with E-state index in [-0.39, 0.29) is 41.7 Å². The van der Waals surface area contributed by atoms with Crippen LogP contribution in [0.3, 0.4) is 0 Å². The van der Waals surface area contributed by atoms with Crippen LogP contribution in [0.1, 0.15) is 78.6 Å². The SMILES string of the molecule is Cn1c(=O)n([C@H]2CCC(=O)NC2=O)c2cccc(C#CCN3CCN(C[C@H]4CC[C@H](n5cc(NC(=O)c6cnn7ccc(N8CCOCC8)nc67)c(C(F)F)n5)CC4)CC3)c21. The van der Waals surface area contributed by atoms with E-state index in [0.717, 1.165) is 58.4 Å². The number of imide groups is 1. The number of anilines is 2. The van der Waals surface area contributed by atoms with Crippen molar-refractivity contribution in [3.63, 3.8) is 0 Å². The fourth-order valence-electron chi connectivity index (χ4n) is 9.13. The van der Waals surface area contributed by atoms with Gasteiger partial charge in [-0.1, -0.05) is 17.9 Å². The van der Waals surface area contributed by atoms with Gasteiger partial charge in [-0.2, -0.15) is 10.2 Å². The molecule has 0 unspecified atom stereocenters. The van der Waals surface area contributed by atoms with E-state index in [1.165, 1.54) is 26.0 Å². The minimum atomic E-state index is -2.86. The van der Waals surface area contributed by atoms with E-state index in [1.807, 2.05) is 18.2 Å². The number of hydrogen-bond donors (Lipinski definition) is 2. The molecule has 3 amide bonds. The van der Waals surface area contributed by atoms with E-state index in [1.54, 1.807) is 24.0 Å². The van der Waals surface area contributed by atoms with E-state index in [2.05, 4.69) is 52.4 Å². The van der Waals surface area contributed by atoms with Crippen molar-refractivity contribution in [1.29, 1.82) is 0 Å². The van der Waals surface area contributed by atoms with Gasteiger partial charge in [0, 0.05) is 71.7 Å². The Morgan fingerprint density at radius 3 is 2.52 bits per heavy atom. The van der Waals surface area contributed by atoms with Crippen molar-refractivity contribution in [2.24, 2.45) is 13.0 Å². The zero-order valence-corrected chi connectivity index (χ0v) is 33.9. The summed E-state index contributed by atoms with van der Waals surface area (Å²) in [6.07, 6.45) is 5.73. The molecule has 61 heavy (non-hydrogen) atoms. The number of halogens is 2. The van der Waals surface area contributed by atoms with Gasteiger partial charge in [-0.3, -0.25) is 38.4 Å². The van der Waals surface area contributed by atoms with Gasteiger partial charge >= 0.3 is 5.69 Å². The summed E-state index contributed by atoms with van der Waals surface area (Å²) in [7, 11) is 1.67. The Kier molecular flexibility index (Phi) is 11.4. The molecule has 4 aliphatic rings. The van der Waals surface area contributed by atoms with Crippen LogP contribution in [0.2, 0.25) is 0 Å². The number of morpholine rings is 1. The summed E-state index contributed by atoms with van der Waals surface area (Å²) in [4.78, 5) is 62.6. The minimum absolute atomic E-state index is 0.0140. The molecular formula is C42H48F2N12O5. The highest BCUT2D eigenvalue weighted by molar-refractivity contribution is 6.08. The summed E-state index contributed by atoms with van der Waals surface area (Å²) >= 11 is 0. The maximum absolute atomic E-state index is 14.3. The lowest BCUT2D eigenvalue weighted by Crippen LogP contribution is -2.48. The van der Waals surface area contributed by atoms with Gasteiger partial charge in [0.15, 0.2) is 11.3 Å². The summed E-state index contributed by atoms with van der Waals surface area (Å²) in [5.74, 6) is 6.36. The molecule has 4 fully saturated rings. The van der Waals surface area contributed by atoms with E-state index >= 15 is 0 Å². The number of aryl methyl sites for hydroxylation is 1. The van der Waals surface area contributed by atoms with E-state index in [9.17, 15) is 28.0 Å². The van der Waals surface area contributed by atoms with Crippen LogP contribution in [0, 0.1) is 17.8 Å². The molecule has 4 aromatic heterocycles. The standard InChI is InChI=1S/C42H48F2N12O5/c1-50-37-28(4-2-6-32(37)56(42(50)60)33-11-12-35(57)48-41(33)59)5-3-14-51-16-18-52(19-17-51)25-27-7-9-29(10-8-27)55-26-31(36(49-55)38(43)44)46-40(58)30-24-45-54-15-13-34(47-39(30)54)53-20-22-61-23-21-53/h2,4,6,13,15,24,26-27,29,33,38H,7-12,14,16-23,25H2,1H3,(H,46,58)(H,48,57,59)/t27-,29-,33-/m0/s1. The molecule has 1 aliphatic carbocycles. The summed E-state index contributed by atoms with van der Waals surface area (Å²) in [5, 5.41) is 13.6. The first-order chi connectivity index (χ1) is 29.6. The first-order valence-electron chi connectivity index (χ1n) is 20.9. The molecule has 19 heteroatoms. The summed E-state index contributed by atoms with van der Waals surface area (Å²) in [5.41, 5.74) is 1.71. The number of imidazole rings is 1. The Bertz CT molecular complexity index is 2580. The van der Waals surface area contributed by atoms with Crippen LogP contribution < -0.4 is 21.2 Å². The highest BCUT2D eigenvalue weighted by Gasteiger charge is 2.32. The van der Waals surface area contributed by atoms with Crippen LogP contribution in [-0.4, -0.2) is 127 Å². The predicted octanol–water partition coefficient (Wildman–Crippen LogP) is 2.98. The van der Waals surface area contributed by atoms with Crippen molar-refractivity contribution < 1.29 is 27.9 Å². The highest BCUT2D eigenvalue weighted by Crippen LogP contribution is 2.35. The molecule has 0 radical (unpaired) electrons. The number of para-hydroxylation sites is 1. The Hall–Kier alpha value is -5.97. The molecule has 0 bridgehead atoms. The smallest absolute Gasteiger partial charge is 0.329 e. The van der Waals surface area contributed by atoms with Crippen molar-refractivity contribution in [3.8, 4) is 11.8 Å². The van der Waals surface area contributed by atoms with E-state index < -0.39 is 30.0 Å². The molecule has 9 rings (SSSR count). The number of ether oxygens (including phenoxy) is 1. The van der Waals surface area contributed by atoms with Crippen LogP contribution in [0.4, 0.5) is 20.3 Å². The summed E-state index contributed by atoms with van der Waals surface area (Å²) in [6.45, 7) is 7.63. The topological polar surface area (TPSA) is 169 Å². The van der Waals surface area contributed by atoms with Crippen LogP contribution in [0.25, 0.3) is 16.7 Å². The molecule has 7 heterocycles. The molecule has 3 aliphatic heterocycles. The van der Waals surface area contributed by atoms with Crippen molar-refractivity contribution in [2.75, 3.05) is 75.8 Å². The summed E-state index contributed by atoms with van der Waals surface area (Å²) in [6, 6.07) is 6.54. The Morgan fingerprint density at radius 2 is 1.77 bits per heavy atom. The molecular weight excluding hydrogens is 791 g/mol. The normalized spacial score (nSPS) is 21.8. The number of rotatable bonds is 9. The third kappa shape index (κ3) is 8.27.